The Kier molecular flexibility index (Phi) is 6.13. The number of methoxy groups -OCH3 is 1. The van der Waals surface area contributed by atoms with Crippen molar-refractivity contribution in [1.82, 2.24) is 5.32 Å². The van der Waals surface area contributed by atoms with Gasteiger partial charge in [-0.2, -0.15) is 0 Å². The Bertz CT molecular complexity index is 1100. The van der Waals surface area contributed by atoms with Crippen LogP contribution in [0.1, 0.15) is 15.9 Å². The SMILES string of the molecule is COc1ccc(CNC(=O)c2ccccc2NS(=O)(=O)c2ccc(F)cc2)cc1. The number of rotatable bonds is 7. The van der Waals surface area contributed by atoms with Crippen LogP contribution < -0.4 is 14.8 Å². The Hall–Kier alpha value is -3.39. The number of hydrogen-bond acceptors (Lipinski definition) is 4. The van der Waals surface area contributed by atoms with Crippen molar-refractivity contribution in [2.45, 2.75) is 11.4 Å². The number of amides is 1. The second kappa shape index (κ2) is 8.74. The Labute approximate surface area is 168 Å². The van der Waals surface area contributed by atoms with E-state index < -0.39 is 21.7 Å². The molecule has 29 heavy (non-hydrogen) atoms. The summed E-state index contributed by atoms with van der Waals surface area (Å²) in [5.41, 5.74) is 1.17. The van der Waals surface area contributed by atoms with E-state index in [-0.39, 0.29) is 22.7 Å². The monoisotopic (exact) mass is 414 g/mol. The molecule has 3 rings (SSSR count). The van der Waals surface area contributed by atoms with Crippen LogP contribution in [-0.4, -0.2) is 21.4 Å². The molecule has 6 nitrogen and oxygen atoms in total. The second-order valence-electron chi connectivity index (χ2n) is 6.14. The molecule has 8 heteroatoms. The van der Waals surface area contributed by atoms with Crippen molar-refractivity contribution in [2.24, 2.45) is 0 Å². The standard InChI is InChI=1S/C21H19FN2O4S/c1-28-17-10-6-15(7-11-17)14-23-21(25)19-4-2-3-5-20(19)24-29(26,27)18-12-8-16(22)9-13-18/h2-13,24H,14H2,1H3,(H,23,25). The number of sulfonamides is 1. The summed E-state index contributed by atoms with van der Waals surface area (Å²) < 4.78 is 45.6. The summed E-state index contributed by atoms with van der Waals surface area (Å²) in [4.78, 5) is 12.5. The average molecular weight is 414 g/mol. The van der Waals surface area contributed by atoms with Crippen LogP contribution in [0.2, 0.25) is 0 Å². The van der Waals surface area contributed by atoms with Crippen molar-refractivity contribution in [3.63, 3.8) is 0 Å². The number of nitrogens with one attached hydrogen (secondary N) is 2. The lowest BCUT2D eigenvalue weighted by atomic mass is 10.1. The molecular weight excluding hydrogens is 395 g/mol. The molecular formula is C21H19FN2O4S. The van der Waals surface area contributed by atoms with Crippen molar-refractivity contribution in [2.75, 3.05) is 11.8 Å². The van der Waals surface area contributed by atoms with Crippen molar-refractivity contribution in [3.8, 4) is 5.75 Å². The smallest absolute Gasteiger partial charge is 0.261 e. The molecule has 150 valence electrons. The van der Waals surface area contributed by atoms with Gasteiger partial charge in [0.25, 0.3) is 15.9 Å². The van der Waals surface area contributed by atoms with E-state index in [0.717, 1.165) is 29.8 Å². The Morgan fingerprint density at radius 1 is 0.966 bits per heavy atom. The number of anilines is 1. The number of halogens is 1. The fraction of sp³-hybridized carbons (Fsp3) is 0.0952. The van der Waals surface area contributed by atoms with Gasteiger partial charge >= 0.3 is 0 Å². The summed E-state index contributed by atoms with van der Waals surface area (Å²) in [6.45, 7) is 0.266. The zero-order valence-electron chi connectivity index (χ0n) is 15.6. The van der Waals surface area contributed by atoms with E-state index in [0.29, 0.717) is 5.75 Å². The summed E-state index contributed by atoms with van der Waals surface area (Å²) >= 11 is 0. The fourth-order valence-electron chi connectivity index (χ4n) is 2.61. The summed E-state index contributed by atoms with van der Waals surface area (Å²) in [6, 6.07) is 17.9. The van der Waals surface area contributed by atoms with Crippen LogP contribution in [0, 0.1) is 5.82 Å². The van der Waals surface area contributed by atoms with Crippen molar-refractivity contribution in [1.29, 1.82) is 0 Å². The van der Waals surface area contributed by atoms with Crippen molar-refractivity contribution in [3.05, 3.63) is 89.7 Å². The van der Waals surface area contributed by atoms with Gasteiger partial charge in [0, 0.05) is 6.54 Å². The van der Waals surface area contributed by atoms with Gasteiger partial charge in [0.15, 0.2) is 0 Å². The van der Waals surface area contributed by atoms with Gasteiger partial charge in [-0.3, -0.25) is 9.52 Å². The predicted molar refractivity (Wildman–Crippen MR) is 108 cm³/mol. The molecule has 0 bridgehead atoms. The third kappa shape index (κ3) is 5.11. The minimum atomic E-state index is -3.97. The van der Waals surface area contributed by atoms with Crippen LogP contribution >= 0.6 is 0 Å². The first-order chi connectivity index (χ1) is 13.9. The predicted octanol–water partition coefficient (Wildman–Crippen LogP) is 3.57. The van der Waals surface area contributed by atoms with Crippen LogP contribution in [0.5, 0.6) is 5.75 Å². The molecule has 0 aliphatic rings. The minimum Gasteiger partial charge on any atom is -0.497 e. The van der Waals surface area contributed by atoms with Gasteiger partial charge in [-0.05, 0) is 54.1 Å². The minimum absolute atomic E-state index is 0.104. The van der Waals surface area contributed by atoms with Gasteiger partial charge in [0.1, 0.15) is 11.6 Å². The highest BCUT2D eigenvalue weighted by Gasteiger charge is 2.18. The first kappa shape index (κ1) is 20.3. The largest absolute Gasteiger partial charge is 0.497 e. The Balaban J connectivity index is 1.75. The van der Waals surface area contributed by atoms with Crippen LogP contribution in [0.4, 0.5) is 10.1 Å². The number of ether oxygens (including phenoxy) is 1. The molecule has 0 saturated carbocycles. The van der Waals surface area contributed by atoms with E-state index in [1.54, 1.807) is 31.4 Å². The van der Waals surface area contributed by atoms with Crippen LogP contribution in [0.15, 0.2) is 77.7 Å². The summed E-state index contributed by atoms with van der Waals surface area (Å²) in [6.07, 6.45) is 0. The van der Waals surface area contributed by atoms with Gasteiger partial charge in [-0.1, -0.05) is 24.3 Å². The first-order valence-corrected chi connectivity index (χ1v) is 10.2. The summed E-state index contributed by atoms with van der Waals surface area (Å²) in [5.74, 6) is -0.263. The molecule has 3 aromatic carbocycles. The van der Waals surface area contributed by atoms with E-state index in [1.807, 2.05) is 12.1 Å². The Morgan fingerprint density at radius 2 is 1.62 bits per heavy atom. The summed E-state index contributed by atoms with van der Waals surface area (Å²) in [7, 11) is -2.40. The molecule has 0 aromatic heterocycles. The van der Waals surface area contributed by atoms with Crippen LogP contribution in [0.25, 0.3) is 0 Å². The van der Waals surface area contributed by atoms with E-state index in [2.05, 4.69) is 10.0 Å². The molecule has 1 amide bonds. The molecule has 2 N–H and O–H groups in total. The van der Waals surface area contributed by atoms with E-state index in [4.69, 9.17) is 4.74 Å². The highest BCUT2D eigenvalue weighted by molar-refractivity contribution is 7.92. The quantitative estimate of drug-likeness (QED) is 0.619. The zero-order valence-corrected chi connectivity index (χ0v) is 16.4. The first-order valence-electron chi connectivity index (χ1n) is 8.67. The fourth-order valence-corrected chi connectivity index (χ4v) is 3.69. The maximum Gasteiger partial charge on any atom is 0.261 e. The lowest BCUT2D eigenvalue weighted by molar-refractivity contribution is 0.0952. The molecule has 0 unspecified atom stereocenters. The second-order valence-corrected chi connectivity index (χ2v) is 7.82. The van der Waals surface area contributed by atoms with Gasteiger partial charge in [-0.25, -0.2) is 12.8 Å². The number of carbonyl (C=O) groups is 1. The molecule has 0 heterocycles. The van der Waals surface area contributed by atoms with Gasteiger partial charge in [0.05, 0.1) is 23.3 Å². The maximum atomic E-state index is 13.1. The molecule has 0 aliphatic heterocycles. The number of carbonyl (C=O) groups excluding carboxylic acids is 1. The number of benzene rings is 3. The topological polar surface area (TPSA) is 84.5 Å². The van der Waals surface area contributed by atoms with Gasteiger partial charge < -0.3 is 10.1 Å². The molecule has 3 aromatic rings. The lowest BCUT2D eigenvalue weighted by Crippen LogP contribution is -2.25. The van der Waals surface area contributed by atoms with E-state index in [1.165, 1.54) is 12.1 Å². The normalized spacial score (nSPS) is 11.0. The third-order valence-electron chi connectivity index (χ3n) is 4.15. The van der Waals surface area contributed by atoms with Crippen LogP contribution in [-0.2, 0) is 16.6 Å². The van der Waals surface area contributed by atoms with Gasteiger partial charge in [0.2, 0.25) is 0 Å². The molecule has 0 saturated heterocycles. The Morgan fingerprint density at radius 3 is 2.28 bits per heavy atom. The van der Waals surface area contributed by atoms with E-state index >= 15 is 0 Å². The zero-order chi connectivity index (χ0) is 20.9. The van der Waals surface area contributed by atoms with Crippen molar-refractivity contribution >= 4 is 21.6 Å². The van der Waals surface area contributed by atoms with Gasteiger partial charge in [-0.15, -0.1) is 0 Å². The van der Waals surface area contributed by atoms with Crippen LogP contribution in [0.3, 0.4) is 0 Å². The summed E-state index contributed by atoms with van der Waals surface area (Å²) in [5, 5.41) is 2.76. The highest BCUT2D eigenvalue weighted by Crippen LogP contribution is 2.21. The van der Waals surface area contributed by atoms with E-state index in [9.17, 15) is 17.6 Å². The molecule has 0 spiro atoms. The highest BCUT2D eigenvalue weighted by atomic mass is 32.2. The number of hydrogen-bond donors (Lipinski definition) is 2. The van der Waals surface area contributed by atoms with Crippen molar-refractivity contribution < 1.29 is 22.3 Å². The number of para-hydroxylation sites is 1. The third-order valence-corrected chi connectivity index (χ3v) is 5.53. The molecule has 0 aliphatic carbocycles. The molecule has 0 atom stereocenters. The lowest BCUT2D eigenvalue weighted by Gasteiger charge is -2.13. The molecule has 0 radical (unpaired) electrons. The maximum absolute atomic E-state index is 13.1. The molecule has 0 fully saturated rings. The average Bonchev–Trinajstić information content (AvgIpc) is 2.73.